The lowest BCUT2D eigenvalue weighted by molar-refractivity contribution is -0.141. The molecule has 3 rings (SSSR count). The summed E-state index contributed by atoms with van der Waals surface area (Å²) in [5, 5.41) is 9.34. The monoisotopic (exact) mass is 401 g/mol. The second-order valence-electron chi connectivity index (χ2n) is 7.98. The van der Waals surface area contributed by atoms with Crippen LogP contribution in [0.3, 0.4) is 0 Å². The summed E-state index contributed by atoms with van der Waals surface area (Å²) in [6.45, 7) is 5.32. The third kappa shape index (κ3) is 4.89. The number of hydrogen-bond acceptors (Lipinski definition) is 4. The lowest BCUT2D eigenvalue weighted by Gasteiger charge is -2.39. The number of carboxylic acids is 1. The van der Waals surface area contributed by atoms with E-state index >= 15 is 0 Å². The molecule has 0 unspecified atom stereocenters. The van der Waals surface area contributed by atoms with Crippen LogP contribution in [0.4, 0.5) is 0 Å². The maximum atomic E-state index is 12.9. The molecule has 1 saturated heterocycles. The summed E-state index contributed by atoms with van der Waals surface area (Å²) in [5.41, 5.74) is 1.76. The van der Waals surface area contributed by atoms with Crippen molar-refractivity contribution in [2.45, 2.75) is 46.0 Å². The number of rotatable bonds is 8. The zero-order valence-electron chi connectivity index (χ0n) is 17.5. The number of H-pyrrole nitrogens is 1. The molecule has 0 radical (unpaired) electrons. The van der Waals surface area contributed by atoms with Crippen molar-refractivity contribution in [3.8, 4) is 5.75 Å². The zero-order valence-corrected chi connectivity index (χ0v) is 17.5. The van der Waals surface area contributed by atoms with Gasteiger partial charge in [0.05, 0.1) is 18.1 Å². The first-order valence-electron chi connectivity index (χ1n) is 10.5. The average Bonchev–Trinajstić information content (AvgIpc) is 3.11. The number of fused-ring (bicyclic) bond motifs is 1. The molecular formula is C22H31N3O4. The number of nitrogens with zero attached hydrogens (tertiary/aromatic N) is 2. The minimum absolute atomic E-state index is 0.0426. The highest BCUT2D eigenvalue weighted by Gasteiger charge is 2.34. The summed E-state index contributed by atoms with van der Waals surface area (Å²) in [4.78, 5) is 34.2. The van der Waals surface area contributed by atoms with E-state index in [4.69, 9.17) is 4.74 Å². The third-order valence-corrected chi connectivity index (χ3v) is 6.17. The Labute approximate surface area is 171 Å². The smallest absolute Gasteiger partial charge is 0.303 e. The van der Waals surface area contributed by atoms with Crippen LogP contribution in [0.1, 0.15) is 45.4 Å². The molecule has 7 heteroatoms. The summed E-state index contributed by atoms with van der Waals surface area (Å²) < 4.78 is 5.27. The first-order valence-corrected chi connectivity index (χ1v) is 10.5. The molecule has 2 N–H and O–H groups in total. The minimum Gasteiger partial charge on any atom is -0.497 e. The van der Waals surface area contributed by atoms with Gasteiger partial charge >= 0.3 is 5.97 Å². The number of piperidine rings is 1. The van der Waals surface area contributed by atoms with Crippen molar-refractivity contribution in [1.82, 2.24) is 14.9 Å². The molecule has 1 aromatic heterocycles. The van der Waals surface area contributed by atoms with Crippen molar-refractivity contribution < 1.29 is 19.4 Å². The number of amides is 1. The van der Waals surface area contributed by atoms with E-state index in [1.165, 1.54) is 0 Å². The summed E-state index contributed by atoms with van der Waals surface area (Å²) >= 11 is 0. The van der Waals surface area contributed by atoms with Gasteiger partial charge in [-0.3, -0.25) is 9.59 Å². The second-order valence-corrected chi connectivity index (χ2v) is 7.98. The van der Waals surface area contributed by atoms with Crippen molar-refractivity contribution >= 4 is 22.9 Å². The number of methoxy groups -OCH3 is 1. The maximum Gasteiger partial charge on any atom is 0.303 e. The molecule has 7 nitrogen and oxygen atoms in total. The highest BCUT2D eigenvalue weighted by atomic mass is 16.5. The van der Waals surface area contributed by atoms with E-state index in [1.54, 1.807) is 7.11 Å². The van der Waals surface area contributed by atoms with Crippen molar-refractivity contribution in [3.05, 3.63) is 24.0 Å². The van der Waals surface area contributed by atoms with Crippen LogP contribution in [0.5, 0.6) is 5.75 Å². The molecule has 2 aromatic rings. The van der Waals surface area contributed by atoms with Crippen LogP contribution < -0.4 is 4.74 Å². The number of carboxylic acid groups (broad SMARTS) is 1. The first-order chi connectivity index (χ1) is 13.9. The first kappa shape index (κ1) is 21.1. The number of aromatic nitrogens is 2. The molecule has 0 bridgehead atoms. The molecule has 0 aliphatic carbocycles. The van der Waals surface area contributed by atoms with E-state index in [2.05, 4.69) is 9.97 Å². The van der Waals surface area contributed by atoms with Gasteiger partial charge in [-0.15, -0.1) is 0 Å². The topological polar surface area (TPSA) is 95.5 Å². The fraction of sp³-hybridized carbons (Fsp3) is 0.591. The molecule has 1 amide bonds. The summed E-state index contributed by atoms with van der Waals surface area (Å²) in [7, 11) is 1.63. The Bertz CT molecular complexity index is 859. The van der Waals surface area contributed by atoms with E-state index in [-0.39, 0.29) is 30.1 Å². The van der Waals surface area contributed by atoms with Crippen molar-refractivity contribution in [1.29, 1.82) is 0 Å². The quantitative estimate of drug-likeness (QED) is 0.706. The number of carbonyl (C=O) groups is 2. The van der Waals surface area contributed by atoms with Gasteiger partial charge in [0.1, 0.15) is 11.6 Å². The Morgan fingerprint density at radius 3 is 2.72 bits per heavy atom. The molecule has 1 fully saturated rings. The van der Waals surface area contributed by atoms with E-state index in [1.807, 2.05) is 36.9 Å². The molecule has 158 valence electrons. The standard InChI is InChI=1S/C22H31N3O4/c1-4-14(5-2)22(28)25-9-8-15(11-21(26)27)16(13-25)10-20-23-18-7-6-17(29-3)12-19(18)24-20/h6-7,12,14-16H,4-5,8-11,13H2,1-3H3,(H,23,24)(H,26,27)/t15-,16-/m0/s1. The van der Waals surface area contributed by atoms with E-state index in [0.29, 0.717) is 19.5 Å². The van der Waals surface area contributed by atoms with Gasteiger partial charge in [-0.2, -0.15) is 0 Å². The van der Waals surface area contributed by atoms with Crippen LogP contribution in [0.2, 0.25) is 0 Å². The lowest BCUT2D eigenvalue weighted by atomic mass is 9.80. The number of aliphatic carboxylic acids is 1. The van der Waals surface area contributed by atoms with Gasteiger partial charge in [0.15, 0.2) is 0 Å². The fourth-order valence-corrected chi connectivity index (χ4v) is 4.41. The maximum absolute atomic E-state index is 12.9. The number of hydrogen-bond donors (Lipinski definition) is 2. The Morgan fingerprint density at radius 1 is 1.31 bits per heavy atom. The highest BCUT2D eigenvalue weighted by molar-refractivity contribution is 5.79. The summed E-state index contributed by atoms with van der Waals surface area (Å²) in [6.07, 6.45) is 3.14. The normalized spacial score (nSPS) is 19.7. The Hall–Kier alpha value is -2.57. The van der Waals surface area contributed by atoms with Crippen molar-refractivity contribution in [2.75, 3.05) is 20.2 Å². The number of imidazole rings is 1. The van der Waals surface area contributed by atoms with Crippen LogP contribution in [0.15, 0.2) is 18.2 Å². The highest BCUT2D eigenvalue weighted by Crippen LogP contribution is 2.31. The molecule has 2 atom stereocenters. The molecule has 2 heterocycles. The van der Waals surface area contributed by atoms with Gasteiger partial charge in [-0.05, 0) is 43.2 Å². The van der Waals surface area contributed by atoms with Gasteiger partial charge in [0, 0.05) is 37.9 Å². The van der Waals surface area contributed by atoms with Crippen LogP contribution >= 0.6 is 0 Å². The van der Waals surface area contributed by atoms with E-state index in [9.17, 15) is 14.7 Å². The largest absolute Gasteiger partial charge is 0.497 e. The van der Waals surface area contributed by atoms with Crippen molar-refractivity contribution in [2.24, 2.45) is 17.8 Å². The van der Waals surface area contributed by atoms with Gasteiger partial charge in [0.25, 0.3) is 0 Å². The van der Waals surface area contributed by atoms with Crippen molar-refractivity contribution in [3.63, 3.8) is 0 Å². The predicted octanol–water partition coefficient (Wildman–Crippen LogP) is 3.49. The Balaban J connectivity index is 1.79. The van der Waals surface area contributed by atoms with Gasteiger partial charge in [-0.1, -0.05) is 13.8 Å². The molecule has 0 spiro atoms. The fourth-order valence-electron chi connectivity index (χ4n) is 4.41. The average molecular weight is 402 g/mol. The zero-order chi connectivity index (χ0) is 21.0. The molecule has 0 saturated carbocycles. The van der Waals surface area contributed by atoms with Gasteiger partial charge in [0.2, 0.25) is 5.91 Å². The van der Waals surface area contributed by atoms with E-state index < -0.39 is 5.97 Å². The molecule has 1 aliphatic rings. The number of ether oxygens (including phenoxy) is 1. The predicted molar refractivity (Wildman–Crippen MR) is 111 cm³/mol. The number of benzene rings is 1. The number of aromatic amines is 1. The summed E-state index contributed by atoms with van der Waals surface area (Å²) in [5.74, 6) is 1.16. The van der Waals surface area contributed by atoms with E-state index in [0.717, 1.165) is 41.9 Å². The van der Waals surface area contributed by atoms with Gasteiger partial charge in [-0.25, -0.2) is 4.98 Å². The van der Waals surface area contributed by atoms with Crippen LogP contribution in [0, 0.1) is 17.8 Å². The summed E-state index contributed by atoms with van der Waals surface area (Å²) in [6, 6.07) is 5.69. The number of likely N-dealkylation sites (tertiary alicyclic amines) is 1. The number of nitrogens with one attached hydrogen (secondary N) is 1. The minimum atomic E-state index is -0.783. The van der Waals surface area contributed by atoms with Crippen LogP contribution in [0.25, 0.3) is 11.0 Å². The molecule has 1 aromatic carbocycles. The third-order valence-electron chi connectivity index (χ3n) is 6.17. The Morgan fingerprint density at radius 2 is 2.07 bits per heavy atom. The Kier molecular flexibility index (Phi) is 6.77. The van der Waals surface area contributed by atoms with Crippen LogP contribution in [-0.2, 0) is 16.0 Å². The number of carbonyl (C=O) groups excluding carboxylic acids is 1. The lowest BCUT2D eigenvalue weighted by Crippen LogP contribution is -2.47. The SMILES string of the molecule is CCC(CC)C(=O)N1CC[C@@H](CC(=O)O)[C@@H](Cc2nc3ccc(OC)cc3[nH]2)C1. The molecule has 1 aliphatic heterocycles. The van der Waals surface area contributed by atoms with Crippen LogP contribution in [-0.4, -0.2) is 52.1 Å². The molecular weight excluding hydrogens is 370 g/mol. The molecule has 29 heavy (non-hydrogen) atoms. The van der Waals surface area contributed by atoms with Gasteiger partial charge < -0.3 is 19.7 Å². The second kappa shape index (κ2) is 9.29.